The van der Waals surface area contributed by atoms with Crippen molar-refractivity contribution in [3.63, 3.8) is 0 Å². The van der Waals surface area contributed by atoms with Crippen LogP contribution >= 0.6 is 0 Å². The van der Waals surface area contributed by atoms with Crippen molar-refractivity contribution in [1.82, 2.24) is 5.32 Å². The van der Waals surface area contributed by atoms with Crippen LogP contribution in [0.4, 0.5) is 0 Å². The van der Waals surface area contributed by atoms with Crippen LogP contribution in [-0.4, -0.2) is 44.7 Å². The first-order valence-corrected chi connectivity index (χ1v) is 10.8. The molecular weight excluding hydrogens is 346 g/mol. The van der Waals surface area contributed by atoms with Gasteiger partial charge in [-0.25, -0.2) is 0 Å². The largest absolute Gasteiger partial charge is 0.349 e. The fourth-order valence-electron chi connectivity index (χ4n) is 4.34. The molecule has 28 heavy (non-hydrogen) atoms. The summed E-state index contributed by atoms with van der Waals surface area (Å²) in [7, 11) is 0. The van der Waals surface area contributed by atoms with E-state index in [1.807, 2.05) is 0 Å². The molecule has 0 aromatic heterocycles. The molecule has 0 bridgehead atoms. The van der Waals surface area contributed by atoms with Crippen LogP contribution in [0.15, 0.2) is 60.7 Å². The number of hydrogen-bond donors (Lipinski definition) is 3. The lowest BCUT2D eigenvalue weighted by Gasteiger charge is -2.35. The van der Waals surface area contributed by atoms with Gasteiger partial charge in [0.15, 0.2) is 6.54 Å². The molecule has 1 saturated heterocycles. The summed E-state index contributed by atoms with van der Waals surface area (Å²) < 4.78 is 0. The van der Waals surface area contributed by atoms with Crippen LogP contribution in [0, 0.1) is 0 Å². The fraction of sp³-hybridized carbons (Fsp3) is 0.458. The molecular formula is C24H35N3O+2. The van der Waals surface area contributed by atoms with Crippen molar-refractivity contribution in [2.45, 2.75) is 38.8 Å². The molecule has 2 aromatic rings. The van der Waals surface area contributed by atoms with E-state index in [-0.39, 0.29) is 5.91 Å². The normalized spacial score (nSPS) is 19.7. The summed E-state index contributed by atoms with van der Waals surface area (Å²) in [5.74, 6) is 0.204. The summed E-state index contributed by atoms with van der Waals surface area (Å²) in [6.45, 7) is 9.13. The number of amides is 1. The Morgan fingerprint density at radius 2 is 1.36 bits per heavy atom. The molecule has 1 aliphatic rings. The Morgan fingerprint density at radius 1 is 0.857 bits per heavy atom. The summed E-state index contributed by atoms with van der Waals surface area (Å²) in [5, 5.41) is 3.18. The number of benzene rings is 2. The van der Waals surface area contributed by atoms with E-state index in [1.54, 1.807) is 4.90 Å². The van der Waals surface area contributed by atoms with Crippen LogP contribution in [-0.2, 0) is 4.79 Å². The number of piperazine rings is 1. The van der Waals surface area contributed by atoms with Crippen LogP contribution in [0.5, 0.6) is 0 Å². The maximum Gasteiger partial charge on any atom is 0.275 e. The number of nitrogens with one attached hydrogen (secondary N) is 3. The Bertz CT molecular complexity index is 668. The zero-order valence-corrected chi connectivity index (χ0v) is 17.3. The minimum atomic E-state index is 0.204. The van der Waals surface area contributed by atoms with E-state index in [0.717, 1.165) is 39.0 Å². The summed E-state index contributed by atoms with van der Waals surface area (Å²) in [6.07, 6.45) is 2.01. The maximum atomic E-state index is 12.4. The van der Waals surface area contributed by atoms with Gasteiger partial charge in [0, 0.05) is 17.2 Å². The van der Waals surface area contributed by atoms with Crippen molar-refractivity contribution < 1.29 is 14.6 Å². The van der Waals surface area contributed by atoms with Crippen molar-refractivity contribution >= 4 is 5.91 Å². The molecule has 4 nitrogen and oxygen atoms in total. The smallest absolute Gasteiger partial charge is 0.275 e. The van der Waals surface area contributed by atoms with Gasteiger partial charge in [-0.1, -0.05) is 74.5 Å². The van der Waals surface area contributed by atoms with Gasteiger partial charge in [-0.3, -0.25) is 4.79 Å². The molecule has 3 rings (SSSR count). The summed E-state index contributed by atoms with van der Waals surface area (Å²) in [4.78, 5) is 15.4. The second-order valence-electron chi connectivity index (χ2n) is 7.92. The molecule has 2 aromatic carbocycles. The van der Waals surface area contributed by atoms with Crippen LogP contribution in [0.3, 0.4) is 0 Å². The molecule has 0 saturated carbocycles. The molecule has 0 aliphatic carbocycles. The Morgan fingerprint density at radius 3 is 1.82 bits per heavy atom. The van der Waals surface area contributed by atoms with E-state index < -0.39 is 0 Å². The topological polar surface area (TPSA) is 38.0 Å². The van der Waals surface area contributed by atoms with Crippen LogP contribution in [0.25, 0.3) is 0 Å². The lowest BCUT2D eigenvalue weighted by atomic mass is 9.96. The zero-order valence-electron chi connectivity index (χ0n) is 17.3. The molecule has 0 radical (unpaired) electrons. The second kappa shape index (κ2) is 10.4. The van der Waals surface area contributed by atoms with Crippen LogP contribution in [0.2, 0.25) is 0 Å². The van der Waals surface area contributed by atoms with Gasteiger partial charge in [0.1, 0.15) is 32.2 Å². The molecule has 4 heteroatoms. The fourth-order valence-corrected chi connectivity index (χ4v) is 4.34. The predicted molar refractivity (Wildman–Crippen MR) is 114 cm³/mol. The minimum absolute atomic E-state index is 0.204. The highest BCUT2D eigenvalue weighted by atomic mass is 16.2. The number of rotatable bonds is 8. The van der Waals surface area contributed by atoms with Crippen molar-refractivity contribution in [3.8, 4) is 0 Å². The number of carbonyl (C=O) groups excluding carboxylic acids is 1. The van der Waals surface area contributed by atoms with Crippen molar-refractivity contribution in [2.24, 2.45) is 0 Å². The molecule has 1 aliphatic heterocycles. The van der Waals surface area contributed by atoms with Gasteiger partial charge in [-0.2, -0.15) is 0 Å². The lowest BCUT2D eigenvalue weighted by molar-refractivity contribution is -1.02. The predicted octanol–water partition coefficient (Wildman–Crippen LogP) is 0.864. The summed E-state index contributed by atoms with van der Waals surface area (Å²) in [5.41, 5.74) is 2.75. The Labute approximate surface area is 169 Å². The SMILES string of the molecule is CCC(CC)NC(=O)C[NH+]1CC[NH+](C(c2ccccc2)c2ccccc2)CC1. The van der Waals surface area contributed by atoms with E-state index in [4.69, 9.17) is 0 Å². The van der Waals surface area contributed by atoms with E-state index in [0.29, 0.717) is 18.6 Å². The third kappa shape index (κ3) is 5.43. The molecule has 1 amide bonds. The molecule has 1 heterocycles. The van der Waals surface area contributed by atoms with Gasteiger partial charge >= 0.3 is 0 Å². The summed E-state index contributed by atoms with van der Waals surface area (Å²) >= 11 is 0. The molecule has 0 spiro atoms. The maximum absolute atomic E-state index is 12.4. The van der Waals surface area contributed by atoms with E-state index in [2.05, 4.69) is 79.8 Å². The zero-order chi connectivity index (χ0) is 19.8. The summed E-state index contributed by atoms with van der Waals surface area (Å²) in [6, 6.07) is 22.4. The average molecular weight is 382 g/mol. The van der Waals surface area contributed by atoms with Crippen molar-refractivity contribution in [3.05, 3.63) is 71.8 Å². The van der Waals surface area contributed by atoms with E-state index in [9.17, 15) is 4.79 Å². The number of carbonyl (C=O) groups is 1. The first-order valence-electron chi connectivity index (χ1n) is 10.8. The molecule has 150 valence electrons. The third-order valence-electron chi connectivity index (χ3n) is 6.03. The number of quaternary nitrogens is 2. The monoisotopic (exact) mass is 381 g/mol. The molecule has 1 fully saturated rings. The molecule has 0 unspecified atom stereocenters. The first kappa shape index (κ1) is 20.6. The Balaban J connectivity index is 1.62. The van der Waals surface area contributed by atoms with Crippen LogP contribution in [0.1, 0.15) is 43.9 Å². The molecule has 3 N–H and O–H groups in total. The highest BCUT2D eigenvalue weighted by Gasteiger charge is 2.32. The number of hydrogen-bond acceptors (Lipinski definition) is 1. The Kier molecular flexibility index (Phi) is 7.63. The first-order chi connectivity index (χ1) is 13.7. The van der Waals surface area contributed by atoms with Crippen LogP contribution < -0.4 is 15.1 Å². The van der Waals surface area contributed by atoms with Gasteiger partial charge in [0.25, 0.3) is 5.91 Å². The Hall–Kier alpha value is -2.17. The lowest BCUT2D eigenvalue weighted by Crippen LogP contribution is -3.28. The van der Waals surface area contributed by atoms with Gasteiger partial charge < -0.3 is 15.1 Å². The minimum Gasteiger partial charge on any atom is -0.349 e. The van der Waals surface area contributed by atoms with Gasteiger partial charge in [-0.05, 0) is 12.8 Å². The highest BCUT2D eigenvalue weighted by molar-refractivity contribution is 5.77. The highest BCUT2D eigenvalue weighted by Crippen LogP contribution is 2.18. The van der Waals surface area contributed by atoms with Gasteiger partial charge in [-0.15, -0.1) is 0 Å². The van der Waals surface area contributed by atoms with E-state index >= 15 is 0 Å². The van der Waals surface area contributed by atoms with Crippen molar-refractivity contribution in [2.75, 3.05) is 32.7 Å². The standard InChI is InChI=1S/C24H33N3O/c1-3-22(4-2)25-23(28)19-26-15-17-27(18-16-26)24(20-11-7-5-8-12-20)21-13-9-6-10-14-21/h5-14,22,24H,3-4,15-19H2,1-2H3,(H,25,28)/p+2. The molecule has 0 atom stereocenters. The van der Waals surface area contributed by atoms with E-state index in [1.165, 1.54) is 16.0 Å². The quantitative estimate of drug-likeness (QED) is 0.624. The third-order valence-corrected chi connectivity index (χ3v) is 6.03. The van der Waals surface area contributed by atoms with Gasteiger partial charge in [0.05, 0.1) is 0 Å². The van der Waals surface area contributed by atoms with Crippen molar-refractivity contribution in [1.29, 1.82) is 0 Å². The van der Waals surface area contributed by atoms with Gasteiger partial charge in [0.2, 0.25) is 0 Å². The second-order valence-corrected chi connectivity index (χ2v) is 7.92. The average Bonchev–Trinajstić information content (AvgIpc) is 2.75.